The van der Waals surface area contributed by atoms with E-state index in [-0.39, 0.29) is 0 Å². The Hall–Kier alpha value is -1.78. The molecule has 0 atom stereocenters. The number of rotatable bonds is 1. The van der Waals surface area contributed by atoms with Crippen molar-refractivity contribution in [2.45, 2.75) is 6.92 Å². The molecule has 0 fully saturated rings. The Balaban J connectivity index is 2.55. The Morgan fingerprint density at radius 2 is 2.42 bits per heavy atom. The predicted octanol–water partition coefficient (Wildman–Crippen LogP) is 0.486. The molecule has 0 aliphatic heterocycles. The van der Waals surface area contributed by atoms with Crippen LogP contribution in [0.3, 0.4) is 0 Å². The van der Waals surface area contributed by atoms with Gasteiger partial charge in [-0.3, -0.25) is 5.10 Å². The van der Waals surface area contributed by atoms with E-state index in [4.69, 9.17) is 5.73 Å². The Bertz CT molecular complexity index is 372. The molecule has 2 rings (SSSR count). The van der Waals surface area contributed by atoms with Crippen LogP contribution in [0.4, 0.5) is 5.69 Å². The van der Waals surface area contributed by atoms with Crippen LogP contribution in [0.5, 0.6) is 0 Å². The molecule has 0 aromatic carbocycles. The van der Waals surface area contributed by atoms with Gasteiger partial charge >= 0.3 is 0 Å². The van der Waals surface area contributed by atoms with Crippen molar-refractivity contribution < 1.29 is 0 Å². The van der Waals surface area contributed by atoms with E-state index in [9.17, 15) is 0 Å². The van der Waals surface area contributed by atoms with Crippen molar-refractivity contribution in [1.29, 1.82) is 0 Å². The van der Waals surface area contributed by atoms with Crippen LogP contribution in [0.1, 0.15) is 5.69 Å². The number of H-pyrrole nitrogens is 1. The van der Waals surface area contributed by atoms with Gasteiger partial charge in [0.25, 0.3) is 0 Å². The second-order valence-corrected chi connectivity index (χ2v) is 2.52. The fourth-order valence-corrected chi connectivity index (χ4v) is 1.00. The molecule has 0 spiro atoms. The fraction of sp³-hybridized carbons (Fsp3) is 0.143. The summed E-state index contributed by atoms with van der Waals surface area (Å²) in [7, 11) is 0. The molecule has 0 bridgehead atoms. The van der Waals surface area contributed by atoms with Gasteiger partial charge < -0.3 is 5.73 Å². The maximum Gasteiger partial charge on any atom is 0.172 e. The first kappa shape index (κ1) is 6.90. The van der Waals surface area contributed by atoms with Gasteiger partial charge in [-0.1, -0.05) is 0 Å². The molecule has 0 saturated heterocycles. The molecular formula is C7H9N5. The van der Waals surface area contributed by atoms with E-state index in [1.165, 1.54) is 0 Å². The highest BCUT2D eigenvalue weighted by Gasteiger charge is 2.06. The normalized spacial score (nSPS) is 10.4. The van der Waals surface area contributed by atoms with Crippen LogP contribution < -0.4 is 5.73 Å². The van der Waals surface area contributed by atoms with E-state index in [1.54, 1.807) is 10.9 Å². The quantitative estimate of drug-likeness (QED) is 0.642. The first-order chi connectivity index (χ1) is 5.79. The summed E-state index contributed by atoms with van der Waals surface area (Å²) in [5.41, 5.74) is 7.17. The lowest BCUT2D eigenvalue weighted by Crippen LogP contribution is -1.98. The lowest BCUT2D eigenvalue weighted by molar-refractivity contribution is 0.836. The number of anilines is 1. The van der Waals surface area contributed by atoms with E-state index in [0.29, 0.717) is 5.69 Å². The summed E-state index contributed by atoms with van der Waals surface area (Å²) in [6.45, 7) is 1.85. The van der Waals surface area contributed by atoms with Gasteiger partial charge in [0.1, 0.15) is 0 Å². The van der Waals surface area contributed by atoms with E-state index in [2.05, 4.69) is 15.3 Å². The second kappa shape index (κ2) is 2.37. The average molecular weight is 163 g/mol. The Morgan fingerprint density at radius 3 is 2.92 bits per heavy atom. The standard InChI is InChI=1S/C7H9N5/c1-5-6(8)7(11-10-5)12-4-2-3-9-12/h2-4H,8H2,1H3,(H,10,11). The second-order valence-electron chi connectivity index (χ2n) is 2.52. The third-order valence-electron chi connectivity index (χ3n) is 1.71. The molecule has 2 aromatic heterocycles. The van der Waals surface area contributed by atoms with E-state index < -0.39 is 0 Å². The first-order valence-electron chi connectivity index (χ1n) is 3.59. The van der Waals surface area contributed by atoms with Gasteiger partial charge in [0.2, 0.25) is 0 Å². The fourth-order valence-electron chi connectivity index (χ4n) is 1.00. The third kappa shape index (κ3) is 0.868. The maximum absolute atomic E-state index is 5.74. The summed E-state index contributed by atoms with van der Waals surface area (Å²) in [6.07, 6.45) is 3.50. The molecule has 5 heteroatoms. The Labute approximate surface area is 69.2 Å². The molecule has 3 N–H and O–H groups in total. The summed E-state index contributed by atoms with van der Waals surface area (Å²) >= 11 is 0. The van der Waals surface area contributed by atoms with E-state index in [0.717, 1.165) is 11.5 Å². The summed E-state index contributed by atoms with van der Waals surface area (Å²) < 4.78 is 1.65. The van der Waals surface area contributed by atoms with Crippen LogP contribution in [-0.4, -0.2) is 20.0 Å². The zero-order chi connectivity index (χ0) is 8.55. The topological polar surface area (TPSA) is 72.5 Å². The van der Waals surface area contributed by atoms with Crippen molar-refractivity contribution in [3.05, 3.63) is 24.2 Å². The molecule has 0 radical (unpaired) electrons. The van der Waals surface area contributed by atoms with Gasteiger partial charge in [-0.25, -0.2) is 4.68 Å². The third-order valence-corrected chi connectivity index (χ3v) is 1.71. The molecule has 0 saturated carbocycles. The molecule has 12 heavy (non-hydrogen) atoms. The van der Waals surface area contributed by atoms with Gasteiger partial charge in [0.05, 0.1) is 11.4 Å². The minimum absolute atomic E-state index is 0.638. The summed E-state index contributed by atoms with van der Waals surface area (Å²) in [6, 6.07) is 1.83. The van der Waals surface area contributed by atoms with Gasteiger partial charge in [-0.15, -0.1) is 0 Å². The van der Waals surface area contributed by atoms with Gasteiger partial charge in [-0.05, 0) is 13.0 Å². The van der Waals surface area contributed by atoms with Gasteiger partial charge in [-0.2, -0.15) is 10.2 Å². The molecule has 0 aliphatic rings. The summed E-state index contributed by atoms with van der Waals surface area (Å²) in [5, 5.41) is 10.8. The number of aromatic amines is 1. The Morgan fingerprint density at radius 1 is 1.58 bits per heavy atom. The van der Waals surface area contributed by atoms with Crippen LogP contribution >= 0.6 is 0 Å². The highest BCUT2D eigenvalue weighted by atomic mass is 15.3. The number of aryl methyl sites for hydroxylation is 1. The zero-order valence-electron chi connectivity index (χ0n) is 6.65. The van der Waals surface area contributed by atoms with E-state index in [1.807, 2.05) is 19.2 Å². The molecule has 5 nitrogen and oxygen atoms in total. The average Bonchev–Trinajstić information content (AvgIpc) is 2.64. The SMILES string of the molecule is Cc1n[nH]c(-n2cccn2)c1N. The maximum atomic E-state index is 5.74. The number of aromatic nitrogens is 4. The highest BCUT2D eigenvalue weighted by molar-refractivity contribution is 5.55. The van der Waals surface area contributed by atoms with Crippen molar-refractivity contribution in [3.63, 3.8) is 0 Å². The molecule has 62 valence electrons. The number of nitrogens with zero attached hydrogens (tertiary/aromatic N) is 3. The zero-order valence-corrected chi connectivity index (χ0v) is 6.65. The van der Waals surface area contributed by atoms with Crippen molar-refractivity contribution in [3.8, 4) is 5.82 Å². The van der Waals surface area contributed by atoms with E-state index >= 15 is 0 Å². The van der Waals surface area contributed by atoms with Gasteiger partial charge in [0, 0.05) is 12.4 Å². The molecular weight excluding hydrogens is 154 g/mol. The monoisotopic (exact) mass is 163 g/mol. The summed E-state index contributed by atoms with van der Waals surface area (Å²) in [5.74, 6) is 0.720. The number of hydrogen-bond donors (Lipinski definition) is 2. The number of nitrogens with one attached hydrogen (secondary N) is 1. The minimum atomic E-state index is 0.638. The van der Waals surface area contributed by atoms with Gasteiger partial charge in [0.15, 0.2) is 5.82 Å². The largest absolute Gasteiger partial charge is 0.394 e. The molecule has 0 unspecified atom stereocenters. The lowest BCUT2D eigenvalue weighted by atomic mass is 10.4. The van der Waals surface area contributed by atoms with Crippen LogP contribution in [-0.2, 0) is 0 Å². The number of nitrogens with two attached hydrogens (primary N) is 1. The minimum Gasteiger partial charge on any atom is -0.394 e. The van der Waals surface area contributed by atoms with Crippen LogP contribution in [0.2, 0.25) is 0 Å². The Kier molecular flexibility index (Phi) is 1.36. The molecule has 0 amide bonds. The summed E-state index contributed by atoms with van der Waals surface area (Å²) in [4.78, 5) is 0. The lowest BCUT2D eigenvalue weighted by Gasteiger charge is -1.96. The van der Waals surface area contributed by atoms with Crippen LogP contribution in [0.15, 0.2) is 18.5 Å². The number of hydrogen-bond acceptors (Lipinski definition) is 3. The first-order valence-corrected chi connectivity index (χ1v) is 3.59. The molecule has 0 aliphatic carbocycles. The van der Waals surface area contributed by atoms with Crippen LogP contribution in [0.25, 0.3) is 5.82 Å². The van der Waals surface area contributed by atoms with Crippen molar-refractivity contribution in [2.75, 3.05) is 5.73 Å². The van der Waals surface area contributed by atoms with Crippen LogP contribution in [0, 0.1) is 6.92 Å². The predicted molar refractivity (Wildman–Crippen MR) is 44.9 cm³/mol. The molecule has 2 heterocycles. The smallest absolute Gasteiger partial charge is 0.172 e. The number of nitrogen functional groups attached to an aromatic ring is 1. The van der Waals surface area contributed by atoms with Crippen molar-refractivity contribution in [2.24, 2.45) is 0 Å². The highest BCUT2D eigenvalue weighted by Crippen LogP contribution is 2.15. The van der Waals surface area contributed by atoms with Crippen molar-refractivity contribution >= 4 is 5.69 Å². The van der Waals surface area contributed by atoms with Crippen molar-refractivity contribution in [1.82, 2.24) is 20.0 Å². The molecule has 2 aromatic rings.